The van der Waals surface area contributed by atoms with Crippen LogP contribution in [-0.2, 0) is 26.0 Å². The molecule has 2 amide bonds. The highest BCUT2D eigenvalue weighted by Gasteiger charge is 2.49. The molecule has 3 aromatic carbocycles. The van der Waals surface area contributed by atoms with Crippen molar-refractivity contribution in [2.45, 2.75) is 69.1 Å². The number of carboxylic acids is 1. The molecule has 1 saturated carbocycles. The van der Waals surface area contributed by atoms with Crippen LogP contribution < -0.4 is 10.0 Å². The lowest BCUT2D eigenvalue weighted by Gasteiger charge is -2.49. The number of carboxylic acid groups (broad SMARTS) is 1. The van der Waals surface area contributed by atoms with Gasteiger partial charge in [0.25, 0.3) is 5.91 Å². The van der Waals surface area contributed by atoms with Crippen molar-refractivity contribution in [2.24, 2.45) is 0 Å². The number of amides is 2. The van der Waals surface area contributed by atoms with Crippen LogP contribution in [0.3, 0.4) is 0 Å². The molecule has 5 rings (SSSR count). The van der Waals surface area contributed by atoms with E-state index in [4.69, 9.17) is 28.3 Å². The first-order chi connectivity index (χ1) is 21.3. The van der Waals surface area contributed by atoms with Crippen LogP contribution in [0.4, 0.5) is 0 Å². The van der Waals surface area contributed by atoms with Gasteiger partial charge in [-0.25, -0.2) is 13.1 Å². The number of halogens is 2. The Hall–Kier alpha value is -3.44. The number of rotatable bonds is 9. The summed E-state index contributed by atoms with van der Waals surface area (Å²) in [6.07, 6.45) is 3.65. The number of benzene rings is 3. The standard InChI is InChI=1S/C33H35Cl2N3O6S/c1-19(21-13-11-20(12-14-21)17-29(39)40)36-32(41)30-23-7-3-4-8-24(23)33(42)38(31(30)25-16-15-22(34)18-26(25)35)28-10-6-5-9-27(28)37-45(2,43)44/h3-4,7-8,11-16,18-19,27-28,30-31,37H,5-6,9-10,17H2,1-2H3,(H,36,41)(H,39,40)/t19?,27-,28-,30+,31-/m0/s1. The van der Waals surface area contributed by atoms with Gasteiger partial charge in [0.05, 0.1) is 30.7 Å². The minimum absolute atomic E-state index is 0.108. The molecule has 1 heterocycles. The van der Waals surface area contributed by atoms with E-state index in [1.165, 1.54) is 0 Å². The third-order valence-electron chi connectivity index (χ3n) is 8.59. The average molecular weight is 673 g/mol. The van der Waals surface area contributed by atoms with Crippen molar-refractivity contribution in [2.75, 3.05) is 6.26 Å². The predicted octanol–water partition coefficient (Wildman–Crippen LogP) is 5.64. The van der Waals surface area contributed by atoms with E-state index in [1.807, 2.05) is 6.92 Å². The molecule has 1 unspecified atom stereocenters. The van der Waals surface area contributed by atoms with Crippen LogP contribution in [0.1, 0.15) is 83.2 Å². The average Bonchev–Trinajstić information content (AvgIpc) is 2.97. The molecule has 0 aromatic heterocycles. The lowest BCUT2D eigenvalue weighted by atomic mass is 9.76. The molecule has 2 aliphatic rings. The molecule has 12 heteroatoms. The summed E-state index contributed by atoms with van der Waals surface area (Å²) < 4.78 is 27.6. The molecule has 45 heavy (non-hydrogen) atoms. The number of aliphatic carboxylic acids is 1. The molecule has 238 valence electrons. The minimum Gasteiger partial charge on any atom is -0.481 e. The van der Waals surface area contributed by atoms with E-state index in [9.17, 15) is 22.8 Å². The summed E-state index contributed by atoms with van der Waals surface area (Å²) in [5, 5.41) is 12.9. The van der Waals surface area contributed by atoms with Gasteiger partial charge >= 0.3 is 5.97 Å². The lowest BCUT2D eigenvalue weighted by molar-refractivity contribution is -0.136. The lowest BCUT2D eigenvalue weighted by Crippen LogP contribution is -2.59. The maximum Gasteiger partial charge on any atom is 0.307 e. The Labute approximate surface area is 273 Å². The topological polar surface area (TPSA) is 133 Å². The number of sulfonamides is 1. The van der Waals surface area contributed by atoms with Gasteiger partial charge < -0.3 is 15.3 Å². The van der Waals surface area contributed by atoms with Gasteiger partial charge in [-0.3, -0.25) is 14.4 Å². The number of nitrogens with one attached hydrogen (secondary N) is 2. The monoisotopic (exact) mass is 671 g/mol. The van der Waals surface area contributed by atoms with Gasteiger partial charge in [0.15, 0.2) is 0 Å². The number of carbonyl (C=O) groups is 3. The fourth-order valence-electron chi connectivity index (χ4n) is 6.61. The second kappa shape index (κ2) is 13.5. The van der Waals surface area contributed by atoms with Crippen molar-refractivity contribution in [3.8, 4) is 0 Å². The molecule has 9 nitrogen and oxygen atoms in total. The van der Waals surface area contributed by atoms with E-state index in [0.29, 0.717) is 40.1 Å². The van der Waals surface area contributed by atoms with Crippen molar-refractivity contribution in [3.05, 3.63) is 105 Å². The van der Waals surface area contributed by atoms with Gasteiger partial charge in [-0.15, -0.1) is 0 Å². The van der Waals surface area contributed by atoms with E-state index in [2.05, 4.69) is 10.0 Å². The van der Waals surface area contributed by atoms with Crippen molar-refractivity contribution in [1.82, 2.24) is 14.9 Å². The smallest absolute Gasteiger partial charge is 0.307 e. The Morgan fingerprint density at radius 3 is 2.36 bits per heavy atom. The Balaban J connectivity index is 1.60. The first kappa shape index (κ1) is 32.9. The molecular weight excluding hydrogens is 637 g/mol. The Morgan fingerprint density at radius 1 is 1.00 bits per heavy atom. The highest BCUT2D eigenvalue weighted by molar-refractivity contribution is 7.88. The molecule has 0 saturated heterocycles. The van der Waals surface area contributed by atoms with Crippen molar-refractivity contribution in [3.63, 3.8) is 0 Å². The first-order valence-corrected chi connectivity index (χ1v) is 17.4. The van der Waals surface area contributed by atoms with Gasteiger partial charge in [0.2, 0.25) is 15.9 Å². The van der Waals surface area contributed by atoms with Crippen LogP contribution in [0, 0.1) is 0 Å². The second-order valence-corrected chi connectivity index (χ2v) is 14.4. The van der Waals surface area contributed by atoms with Gasteiger partial charge in [-0.05, 0) is 60.2 Å². The summed E-state index contributed by atoms with van der Waals surface area (Å²) in [4.78, 5) is 41.7. The number of carbonyl (C=O) groups excluding carboxylic acids is 2. The SMILES string of the molecule is CC(NC(=O)[C@@H]1c2ccccc2C(=O)N([C@H]2CCCC[C@@H]2NS(C)(=O)=O)[C@H]1c1ccc(Cl)cc1Cl)c1ccc(CC(=O)O)cc1. The van der Waals surface area contributed by atoms with Gasteiger partial charge in [-0.2, -0.15) is 0 Å². The van der Waals surface area contributed by atoms with E-state index in [-0.39, 0.29) is 23.3 Å². The van der Waals surface area contributed by atoms with Crippen molar-refractivity contribution in [1.29, 1.82) is 0 Å². The van der Waals surface area contributed by atoms with Crippen LogP contribution in [0.2, 0.25) is 10.0 Å². The Morgan fingerprint density at radius 2 is 1.69 bits per heavy atom. The van der Waals surface area contributed by atoms with Gasteiger partial charge in [0, 0.05) is 27.7 Å². The summed E-state index contributed by atoms with van der Waals surface area (Å²) in [5.41, 5.74) is 2.86. The zero-order chi connectivity index (χ0) is 32.5. The normalized spacial score (nSPS) is 22.4. The van der Waals surface area contributed by atoms with Crippen LogP contribution in [0.5, 0.6) is 0 Å². The highest BCUT2D eigenvalue weighted by Crippen LogP contribution is 2.48. The zero-order valence-corrected chi connectivity index (χ0v) is 27.2. The summed E-state index contributed by atoms with van der Waals surface area (Å²) in [6.45, 7) is 1.83. The largest absolute Gasteiger partial charge is 0.481 e. The molecule has 3 N–H and O–H groups in total. The van der Waals surface area contributed by atoms with Crippen molar-refractivity contribution >= 4 is 51.0 Å². The molecule has 1 aliphatic heterocycles. The molecule has 5 atom stereocenters. The molecule has 3 aromatic rings. The molecule has 1 aliphatic carbocycles. The fraction of sp³-hybridized carbons (Fsp3) is 0.364. The summed E-state index contributed by atoms with van der Waals surface area (Å²) >= 11 is 13.1. The maximum absolute atomic E-state index is 14.5. The van der Waals surface area contributed by atoms with E-state index >= 15 is 0 Å². The molecule has 0 bridgehead atoms. The van der Waals surface area contributed by atoms with E-state index < -0.39 is 46.1 Å². The quantitative estimate of drug-likeness (QED) is 0.270. The molecule has 0 radical (unpaired) electrons. The van der Waals surface area contributed by atoms with Crippen molar-refractivity contribution < 1.29 is 27.9 Å². The van der Waals surface area contributed by atoms with Crippen LogP contribution >= 0.6 is 23.2 Å². The minimum atomic E-state index is -3.60. The second-order valence-electron chi connectivity index (χ2n) is 11.8. The zero-order valence-electron chi connectivity index (χ0n) is 24.9. The first-order valence-electron chi connectivity index (χ1n) is 14.8. The van der Waals surface area contributed by atoms with Crippen LogP contribution in [0.15, 0.2) is 66.7 Å². The summed E-state index contributed by atoms with van der Waals surface area (Å²) in [5.74, 6) is -2.48. The van der Waals surface area contributed by atoms with Gasteiger partial charge in [-0.1, -0.05) is 84.6 Å². The molecule has 1 fully saturated rings. The van der Waals surface area contributed by atoms with E-state index in [1.54, 1.807) is 71.6 Å². The maximum atomic E-state index is 14.5. The highest BCUT2D eigenvalue weighted by atomic mass is 35.5. The van der Waals surface area contributed by atoms with Crippen LogP contribution in [-0.4, -0.2) is 54.5 Å². The molecular formula is C33H35Cl2N3O6S. The Kier molecular flexibility index (Phi) is 9.88. The number of hydrogen-bond donors (Lipinski definition) is 3. The Bertz CT molecular complexity index is 1720. The summed E-state index contributed by atoms with van der Waals surface area (Å²) in [6, 6.07) is 16.5. The summed E-state index contributed by atoms with van der Waals surface area (Å²) in [7, 11) is -3.60. The number of nitrogens with zero attached hydrogens (tertiary/aromatic N) is 1. The third kappa shape index (κ3) is 7.35. The third-order valence-corrected chi connectivity index (χ3v) is 9.88. The van der Waals surface area contributed by atoms with E-state index in [0.717, 1.165) is 24.7 Å². The van der Waals surface area contributed by atoms with Crippen LogP contribution in [0.25, 0.3) is 0 Å². The molecule has 0 spiro atoms. The fourth-order valence-corrected chi connectivity index (χ4v) is 7.96. The van der Waals surface area contributed by atoms with Gasteiger partial charge in [0.1, 0.15) is 0 Å². The number of fused-ring (bicyclic) bond motifs is 1. The predicted molar refractivity (Wildman–Crippen MR) is 173 cm³/mol. The number of hydrogen-bond acceptors (Lipinski definition) is 5.